The Balaban J connectivity index is 2.29. The van der Waals surface area contributed by atoms with Crippen LogP contribution >= 0.6 is 0 Å². The van der Waals surface area contributed by atoms with Crippen molar-refractivity contribution in [2.24, 2.45) is 0 Å². The fourth-order valence-corrected chi connectivity index (χ4v) is 1.84. The third-order valence-corrected chi connectivity index (χ3v) is 3.02. The summed E-state index contributed by atoms with van der Waals surface area (Å²) in [7, 11) is 0. The monoisotopic (exact) mass is 330 g/mol. The van der Waals surface area contributed by atoms with E-state index in [-0.39, 0.29) is 16.8 Å². The molecule has 0 fully saturated rings. The molecule has 0 aromatic heterocycles. The average Bonchev–Trinajstić information content (AvgIpc) is 2.54. The molecular formula is C14H8N3O7-. The zero-order valence-corrected chi connectivity index (χ0v) is 11.8. The Bertz CT molecular complexity index is 846. The first-order valence-electron chi connectivity index (χ1n) is 6.35. The summed E-state index contributed by atoms with van der Waals surface area (Å²) in [5, 5.41) is 34.5. The van der Waals surface area contributed by atoms with E-state index in [2.05, 4.69) is 5.32 Å². The number of carbonyl (C=O) groups excluding carboxylic acids is 2. The summed E-state index contributed by atoms with van der Waals surface area (Å²) in [4.78, 5) is 42.7. The van der Waals surface area contributed by atoms with Gasteiger partial charge < -0.3 is 15.2 Å². The van der Waals surface area contributed by atoms with Gasteiger partial charge >= 0.3 is 0 Å². The standard InChI is InChI=1S/C14H9N3O7/c18-13(8-1-3-9(4-2-8)14(19)20)15-11-6-5-10(16(21)22)7-12(11)17(23)24/h1-7H,(H,15,18)(H,19,20)/p-1. The van der Waals surface area contributed by atoms with Gasteiger partial charge in [0, 0.05) is 11.6 Å². The van der Waals surface area contributed by atoms with Gasteiger partial charge in [0.1, 0.15) is 5.69 Å². The van der Waals surface area contributed by atoms with Crippen molar-refractivity contribution in [3.63, 3.8) is 0 Å². The highest BCUT2D eigenvalue weighted by molar-refractivity contribution is 6.05. The number of nitro benzene ring substituents is 2. The molecule has 2 aromatic carbocycles. The molecule has 1 N–H and O–H groups in total. The van der Waals surface area contributed by atoms with Gasteiger partial charge in [-0.1, -0.05) is 12.1 Å². The number of nitro groups is 2. The molecule has 1 amide bonds. The van der Waals surface area contributed by atoms with Gasteiger partial charge in [-0.05, 0) is 23.8 Å². The van der Waals surface area contributed by atoms with Crippen molar-refractivity contribution in [2.75, 3.05) is 5.32 Å². The number of carboxylic acid groups (broad SMARTS) is 1. The Morgan fingerprint density at radius 3 is 1.96 bits per heavy atom. The minimum absolute atomic E-state index is 0.0488. The van der Waals surface area contributed by atoms with Crippen LogP contribution in [0.1, 0.15) is 20.7 Å². The molecule has 10 heteroatoms. The smallest absolute Gasteiger partial charge is 0.299 e. The molecule has 0 unspecified atom stereocenters. The summed E-state index contributed by atoms with van der Waals surface area (Å²) in [6.07, 6.45) is 0. The maximum Gasteiger partial charge on any atom is 0.299 e. The molecule has 2 rings (SSSR count). The van der Waals surface area contributed by atoms with Gasteiger partial charge in [-0.15, -0.1) is 0 Å². The molecule has 0 saturated carbocycles. The highest BCUT2D eigenvalue weighted by Gasteiger charge is 2.21. The molecule has 0 aliphatic heterocycles. The number of nitrogens with one attached hydrogen (secondary N) is 1. The second-order valence-corrected chi connectivity index (χ2v) is 4.53. The van der Waals surface area contributed by atoms with Crippen molar-refractivity contribution in [2.45, 2.75) is 0 Å². The maximum absolute atomic E-state index is 12.1. The highest BCUT2D eigenvalue weighted by atomic mass is 16.6. The molecule has 122 valence electrons. The number of non-ortho nitro benzene ring substituents is 1. The van der Waals surface area contributed by atoms with E-state index in [1.165, 1.54) is 12.1 Å². The fraction of sp³-hybridized carbons (Fsp3) is 0. The van der Waals surface area contributed by atoms with Crippen LogP contribution in [0.25, 0.3) is 0 Å². The van der Waals surface area contributed by atoms with Crippen molar-refractivity contribution in [3.8, 4) is 0 Å². The Morgan fingerprint density at radius 2 is 1.46 bits per heavy atom. The number of amides is 1. The van der Waals surface area contributed by atoms with Crippen LogP contribution in [0, 0.1) is 20.2 Å². The number of benzene rings is 2. The van der Waals surface area contributed by atoms with Crippen LogP contribution in [0.3, 0.4) is 0 Å². The van der Waals surface area contributed by atoms with E-state index >= 15 is 0 Å². The first kappa shape index (κ1) is 16.5. The molecule has 0 aliphatic rings. The largest absolute Gasteiger partial charge is 0.545 e. The van der Waals surface area contributed by atoms with Crippen LogP contribution < -0.4 is 10.4 Å². The Hall–Kier alpha value is -3.82. The first-order chi connectivity index (χ1) is 11.3. The van der Waals surface area contributed by atoms with Crippen LogP contribution in [-0.4, -0.2) is 21.7 Å². The van der Waals surface area contributed by atoms with Gasteiger partial charge in [-0.25, -0.2) is 0 Å². The molecule has 0 radical (unpaired) electrons. The lowest BCUT2D eigenvalue weighted by Crippen LogP contribution is -2.22. The molecule has 0 heterocycles. The van der Waals surface area contributed by atoms with Gasteiger partial charge in [-0.2, -0.15) is 0 Å². The number of nitrogens with zero attached hydrogens (tertiary/aromatic N) is 2. The fourth-order valence-electron chi connectivity index (χ4n) is 1.84. The number of carboxylic acids is 1. The van der Waals surface area contributed by atoms with Crippen molar-refractivity contribution in [1.82, 2.24) is 0 Å². The van der Waals surface area contributed by atoms with Gasteiger partial charge in [-0.3, -0.25) is 25.0 Å². The molecule has 10 nitrogen and oxygen atoms in total. The second-order valence-electron chi connectivity index (χ2n) is 4.53. The third-order valence-electron chi connectivity index (χ3n) is 3.02. The predicted molar refractivity (Wildman–Crippen MR) is 78.5 cm³/mol. The number of hydrogen-bond acceptors (Lipinski definition) is 7. The van der Waals surface area contributed by atoms with E-state index in [9.17, 15) is 34.9 Å². The quantitative estimate of drug-likeness (QED) is 0.635. The second kappa shape index (κ2) is 6.52. The van der Waals surface area contributed by atoms with E-state index in [4.69, 9.17) is 0 Å². The molecule has 0 bridgehead atoms. The Labute approximate surface area is 133 Å². The third kappa shape index (κ3) is 3.50. The number of anilines is 1. The Morgan fingerprint density at radius 1 is 0.875 bits per heavy atom. The average molecular weight is 330 g/mol. The lowest BCUT2D eigenvalue weighted by Gasteiger charge is -2.07. The molecule has 0 aliphatic carbocycles. The topological polar surface area (TPSA) is 156 Å². The summed E-state index contributed by atoms with van der Waals surface area (Å²) in [6.45, 7) is 0. The molecule has 0 atom stereocenters. The minimum Gasteiger partial charge on any atom is -0.545 e. The van der Waals surface area contributed by atoms with Crippen molar-refractivity contribution in [3.05, 3.63) is 73.8 Å². The molecule has 0 spiro atoms. The van der Waals surface area contributed by atoms with Crippen LogP contribution in [0.5, 0.6) is 0 Å². The minimum atomic E-state index is -1.41. The summed E-state index contributed by atoms with van der Waals surface area (Å²) < 4.78 is 0. The number of aromatic carboxylic acids is 1. The van der Waals surface area contributed by atoms with Crippen LogP contribution in [0.2, 0.25) is 0 Å². The van der Waals surface area contributed by atoms with E-state index in [1.54, 1.807) is 0 Å². The zero-order chi connectivity index (χ0) is 17.9. The Kier molecular flexibility index (Phi) is 4.50. The molecule has 24 heavy (non-hydrogen) atoms. The van der Waals surface area contributed by atoms with Crippen LogP contribution in [0.4, 0.5) is 17.1 Å². The molecule has 0 saturated heterocycles. The number of carbonyl (C=O) groups is 2. The van der Waals surface area contributed by atoms with Gasteiger partial charge in [0.25, 0.3) is 17.3 Å². The predicted octanol–water partition coefficient (Wildman–Crippen LogP) is 1.12. The number of rotatable bonds is 5. The maximum atomic E-state index is 12.1. The first-order valence-corrected chi connectivity index (χ1v) is 6.35. The van der Waals surface area contributed by atoms with Gasteiger partial charge in [0.15, 0.2) is 0 Å². The summed E-state index contributed by atoms with van der Waals surface area (Å²) in [6, 6.07) is 7.50. The van der Waals surface area contributed by atoms with Gasteiger partial charge in [0.2, 0.25) is 0 Å². The molecule has 2 aromatic rings. The van der Waals surface area contributed by atoms with E-state index < -0.39 is 33.1 Å². The highest BCUT2D eigenvalue weighted by Crippen LogP contribution is 2.29. The normalized spacial score (nSPS) is 10.0. The summed E-state index contributed by atoms with van der Waals surface area (Å²) in [5.74, 6) is -2.15. The SMILES string of the molecule is O=C([O-])c1ccc(C(=O)Nc2ccc([N+](=O)[O-])cc2[N+](=O)[O-])cc1. The van der Waals surface area contributed by atoms with Crippen molar-refractivity contribution < 1.29 is 24.5 Å². The van der Waals surface area contributed by atoms with E-state index in [1.807, 2.05) is 0 Å². The molecular weight excluding hydrogens is 322 g/mol. The lowest BCUT2D eigenvalue weighted by molar-refractivity contribution is -0.393. The summed E-state index contributed by atoms with van der Waals surface area (Å²) >= 11 is 0. The van der Waals surface area contributed by atoms with Crippen LogP contribution in [-0.2, 0) is 0 Å². The van der Waals surface area contributed by atoms with Crippen molar-refractivity contribution in [1.29, 1.82) is 0 Å². The number of hydrogen-bond donors (Lipinski definition) is 1. The zero-order valence-electron chi connectivity index (χ0n) is 11.8. The van der Waals surface area contributed by atoms with E-state index in [0.717, 1.165) is 30.3 Å². The lowest BCUT2D eigenvalue weighted by atomic mass is 10.1. The van der Waals surface area contributed by atoms with Crippen LogP contribution in [0.15, 0.2) is 42.5 Å². The van der Waals surface area contributed by atoms with Gasteiger partial charge in [0.05, 0.1) is 21.9 Å². The van der Waals surface area contributed by atoms with Crippen molar-refractivity contribution >= 4 is 28.9 Å². The van der Waals surface area contributed by atoms with E-state index in [0.29, 0.717) is 0 Å². The summed E-state index contributed by atoms with van der Waals surface area (Å²) in [5.41, 5.74) is -1.43.